The summed E-state index contributed by atoms with van der Waals surface area (Å²) in [5.74, 6) is 0. The second kappa shape index (κ2) is 6.03. The van der Waals surface area contributed by atoms with Crippen molar-refractivity contribution in [3.8, 4) is 0 Å². The summed E-state index contributed by atoms with van der Waals surface area (Å²) < 4.78 is 0. The molecule has 1 atom stereocenters. The molecule has 0 aliphatic heterocycles. The highest BCUT2D eigenvalue weighted by Gasteiger charge is 2.04. The molecule has 4 heteroatoms. The fraction of sp³-hybridized carbons (Fsp3) is 0.364. The predicted octanol–water partition coefficient (Wildman–Crippen LogP) is 2.54. The summed E-state index contributed by atoms with van der Waals surface area (Å²) in [6, 6.07) is 9.32. The van der Waals surface area contributed by atoms with Crippen LogP contribution in [0.25, 0.3) is 0 Å². The minimum absolute atomic E-state index is 0.159. The standard InChI is InChI=1S/C11H16N2O2/c1-3-9(2)13-15-11(14)12-10-7-5-4-6-8-10/h4-9,13H,3H2,1-2H3,(H,12,14)/t9-/m0/s1. The van der Waals surface area contributed by atoms with Crippen molar-refractivity contribution in [3.05, 3.63) is 30.3 Å². The zero-order valence-corrected chi connectivity index (χ0v) is 8.99. The van der Waals surface area contributed by atoms with Gasteiger partial charge in [-0.05, 0) is 25.5 Å². The van der Waals surface area contributed by atoms with Gasteiger partial charge in [-0.2, -0.15) is 0 Å². The molecule has 0 saturated carbocycles. The van der Waals surface area contributed by atoms with Crippen LogP contribution in [0.1, 0.15) is 20.3 Å². The van der Waals surface area contributed by atoms with Crippen LogP contribution in [0.15, 0.2) is 30.3 Å². The number of para-hydroxylation sites is 1. The molecule has 1 amide bonds. The molecular formula is C11H16N2O2. The van der Waals surface area contributed by atoms with Crippen LogP contribution in [0.3, 0.4) is 0 Å². The Morgan fingerprint density at radius 2 is 2.07 bits per heavy atom. The summed E-state index contributed by atoms with van der Waals surface area (Å²) in [6.45, 7) is 3.95. The van der Waals surface area contributed by atoms with E-state index in [0.29, 0.717) is 5.69 Å². The fourth-order valence-electron chi connectivity index (χ4n) is 0.902. The molecule has 15 heavy (non-hydrogen) atoms. The molecule has 0 bridgehead atoms. The maximum atomic E-state index is 11.2. The summed E-state index contributed by atoms with van der Waals surface area (Å²) in [6.07, 6.45) is 0.403. The average molecular weight is 208 g/mol. The molecule has 4 nitrogen and oxygen atoms in total. The van der Waals surface area contributed by atoms with E-state index in [0.717, 1.165) is 6.42 Å². The van der Waals surface area contributed by atoms with E-state index in [9.17, 15) is 4.79 Å². The molecular weight excluding hydrogens is 192 g/mol. The van der Waals surface area contributed by atoms with Crippen LogP contribution in [0.4, 0.5) is 10.5 Å². The molecule has 0 aromatic heterocycles. The smallest absolute Gasteiger partial charge is 0.353 e. The van der Waals surface area contributed by atoms with E-state index in [4.69, 9.17) is 4.84 Å². The molecule has 82 valence electrons. The monoisotopic (exact) mass is 208 g/mol. The van der Waals surface area contributed by atoms with Gasteiger partial charge in [-0.15, -0.1) is 5.48 Å². The van der Waals surface area contributed by atoms with Crippen molar-refractivity contribution in [1.29, 1.82) is 0 Å². The van der Waals surface area contributed by atoms with Gasteiger partial charge in [0.15, 0.2) is 0 Å². The van der Waals surface area contributed by atoms with Crippen LogP contribution < -0.4 is 10.8 Å². The molecule has 2 N–H and O–H groups in total. The molecule has 0 fully saturated rings. The number of carbonyl (C=O) groups is 1. The molecule has 1 rings (SSSR count). The fourth-order valence-corrected chi connectivity index (χ4v) is 0.902. The van der Waals surface area contributed by atoms with Gasteiger partial charge in [0.25, 0.3) is 0 Å². The van der Waals surface area contributed by atoms with Gasteiger partial charge >= 0.3 is 6.09 Å². The zero-order valence-electron chi connectivity index (χ0n) is 8.99. The number of hydrogen-bond donors (Lipinski definition) is 2. The highest BCUT2D eigenvalue weighted by molar-refractivity contribution is 5.84. The summed E-state index contributed by atoms with van der Waals surface area (Å²) in [5, 5.41) is 2.60. The molecule has 0 aliphatic carbocycles. The van der Waals surface area contributed by atoms with Crippen LogP contribution in [0.5, 0.6) is 0 Å². The van der Waals surface area contributed by atoms with Crippen molar-refractivity contribution in [2.45, 2.75) is 26.3 Å². The summed E-state index contributed by atoms with van der Waals surface area (Å²) in [4.78, 5) is 16.0. The Hall–Kier alpha value is -1.55. The summed E-state index contributed by atoms with van der Waals surface area (Å²) in [5.41, 5.74) is 3.36. The van der Waals surface area contributed by atoms with E-state index >= 15 is 0 Å². The number of benzene rings is 1. The third-order valence-corrected chi connectivity index (χ3v) is 1.99. The number of amides is 1. The maximum Gasteiger partial charge on any atom is 0.430 e. The Balaban J connectivity index is 2.31. The van der Waals surface area contributed by atoms with E-state index < -0.39 is 6.09 Å². The van der Waals surface area contributed by atoms with Crippen LogP contribution in [-0.2, 0) is 4.84 Å². The van der Waals surface area contributed by atoms with Crippen molar-refractivity contribution >= 4 is 11.8 Å². The minimum atomic E-state index is -0.499. The number of hydrogen-bond acceptors (Lipinski definition) is 3. The maximum absolute atomic E-state index is 11.2. The van der Waals surface area contributed by atoms with E-state index in [1.807, 2.05) is 32.0 Å². The van der Waals surface area contributed by atoms with Gasteiger partial charge < -0.3 is 4.84 Å². The second-order valence-electron chi connectivity index (χ2n) is 3.31. The molecule has 0 spiro atoms. The van der Waals surface area contributed by atoms with E-state index in [2.05, 4.69) is 10.8 Å². The lowest BCUT2D eigenvalue weighted by molar-refractivity contribution is 0.0830. The second-order valence-corrected chi connectivity index (χ2v) is 3.31. The minimum Gasteiger partial charge on any atom is -0.353 e. The molecule has 0 heterocycles. The van der Waals surface area contributed by atoms with Crippen LogP contribution in [0.2, 0.25) is 0 Å². The Morgan fingerprint density at radius 1 is 1.40 bits per heavy atom. The molecule has 0 unspecified atom stereocenters. The highest BCUT2D eigenvalue weighted by atomic mass is 16.7. The Kier molecular flexibility index (Phi) is 4.63. The SMILES string of the molecule is CC[C@H](C)NOC(=O)Nc1ccccc1. The first-order chi connectivity index (χ1) is 7.22. The van der Waals surface area contributed by atoms with Crippen molar-refractivity contribution in [2.75, 3.05) is 5.32 Å². The predicted molar refractivity (Wildman–Crippen MR) is 59.4 cm³/mol. The van der Waals surface area contributed by atoms with Crippen LogP contribution >= 0.6 is 0 Å². The molecule has 0 saturated heterocycles. The zero-order chi connectivity index (χ0) is 11.1. The Labute approximate surface area is 89.6 Å². The molecule has 1 aromatic carbocycles. The summed E-state index contributed by atoms with van der Waals surface area (Å²) >= 11 is 0. The Morgan fingerprint density at radius 3 is 2.67 bits per heavy atom. The van der Waals surface area contributed by atoms with Gasteiger partial charge in [-0.3, -0.25) is 5.32 Å². The van der Waals surface area contributed by atoms with Crippen LogP contribution in [0, 0.1) is 0 Å². The number of carbonyl (C=O) groups excluding carboxylic acids is 1. The first-order valence-electron chi connectivity index (χ1n) is 5.00. The first-order valence-corrected chi connectivity index (χ1v) is 5.00. The van der Waals surface area contributed by atoms with Crippen molar-refractivity contribution in [2.24, 2.45) is 0 Å². The number of rotatable bonds is 4. The Bertz CT molecular complexity index is 301. The molecule has 1 aromatic rings. The van der Waals surface area contributed by atoms with Crippen LogP contribution in [-0.4, -0.2) is 12.1 Å². The van der Waals surface area contributed by atoms with E-state index in [1.165, 1.54) is 0 Å². The van der Waals surface area contributed by atoms with Gasteiger partial charge in [-0.1, -0.05) is 25.1 Å². The highest BCUT2D eigenvalue weighted by Crippen LogP contribution is 2.04. The lowest BCUT2D eigenvalue weighted by Gasteiger charge is -2.11. The van der Waals surface area contributed by atoms with E-state index in [-0.39, 0.29) is 6.04 Å². The van der Waals surface area contributed by atoms with Crippen molar-refractivity contribution in [1.82, 2.24) is 5.48 Å². The first kappa shape index (κ1) is 11.5. The molecule has 0 aliphatic rings. The van der Waals surface area contributed by atoms with E-state index in [1.54, 1.807) is 12.1 Å². The summed E-state index contributed by atoms with van der Waals surface area (Å²) in [7, 11) is 0. The third-order valence-electron chi connectivity index (χ3n) is 1.99. The lowest BCUT2D eigenvalue weighted by Crippen LogP contribution is -2.30. The van der Waals surface area contributed by atoms with Gasteiger partial charge in [0, 0.05) is 11.7 Å². The third kappa shape index (κ3) is 4.46. The van der Waals surface area contributed by atoms with Gasteiger partial charge in [0.2, 0.25) is 0 Å². The number of nitrogens with one attached hydrogen (secondary N) is 2. The number of anilines is 1. The molecule has 0 radical (unpaired) electrons. The van der Waals surface area contributed by atoms with Crippen molar-refractivity contribution in [3.63, 3.8) is 0 Å². The van der Waals surface area contributed by atoms with Gasteiger partial charge in [0.05, 0.1) is 0 Å². The normalized spacial score (nSPS) is 11.9. The largest absolute Gasteiger partial charge is 0.430 e. The van der Waals surface area contributed by atoms with Gasteiger partial charge in [-0.25, -0.2) is 4.79 Å². The lowest BCUT2D eigenvalue weighted by atomic mass is 10.3. The van der Waals surface area contributed by atoms with Crippen molar-refractivity contribution < 1.29 is 9.63 Å². The topological polar surface area (TPSA) is 50.4 Å². The quantitative estimate of drug-likeness (QED) is 0.747. The number of hydroxylamine groups is 1. The van der Waals surface area contributed by atoms with Gasteiger partial charge in [0.1, 0.15) is 0 Å². The average Bonchev–Trinajstić information content (AvgIpc) is 2.27.